The van der Waals surface area contributed by atoms with Gasteiger partial charge in [-0.25, -0.2) is 8.42 Å². The number of benzene rings is 2. The Hall–Kier alpha value is -2.38. The van der Waals surface area contributed by atoms with Gasteiger partial charge in [0.05, 0.1) is 10.6 Å². The molecule has 6 nitrogen and oxygen atoms in total. The quantitative estimate of drug-likeness (QED) is 0.699. The molecule has 1 N–H and O–H groups in total. The van der Waals surface area contributed by atoms with Gasteiger partial charge in [0.1, 0.15) is 0 Å². The maximum atomic E-state index is 13.0. The van der Waals surface area contributed by atoms with E-state index in [4.69, 9.17) is 0 Å². The summed E-state index contributed by atoms with van der Waals surface area (Å²) in [7, 11) is -2.25. The standard InChI is InChI=1S/C21H29N3O3S/c1-5-24(6-2)15-14-22-21(25)18-8-7-9-20(16-18)28(26,27)23(4)19-12-10-17(3)11-13-19/h7-13,16H,5-6,14-15H2,1-4H3,(H,22,25). The van der Waals surface area contributed by atoms with Gasteiger partial charge in [0.15, 0.2) is 0 Å². The first-order chi connectivity index (χ1) is 13.3. The third kappa shape index (κ3) is 5.33. The van der Waals surface area contributed by atoms with Crippen LogP contribution >= 0.6 is 0 Å². The summed E-state index contributed by atoms with van der Waals surface area (Å²) in [6.45, 7) is 9.21. The zero-order valence-electron chi connectivity index (χ0n) is 17.0. The summed E-state index contributed by atoms with van der Waals surface area (Å²) >= 11 is 0. The van der Waals surface area contributed by atoms with Crippen LogP contribution in [0.25, 0.3) is 0 Å². The van der Waals surface area contributed by atoms with E-state index in [-0.39, 0.29) is 10.8 Å². The molecule has 0 unspecified atom stereocenters. The van der Waals surface area contributed by atoms with Crippen LogP contribution in [0, 0.1) is 6.92 Å². The third-order valence-electron chi connectivity index (χ3n) is 4.76. The number of rotatable bonds is 9. The molecule has 2 aromatic rings. The molecular formula is C21H29N3O3S. The minimum Gasteiger partial charge on any atom is -0.351 e. The Morgan fingerprint density at radius 2 is 1.68 bits per heavy atom. The number of anilines is 1. The van der Waals surface area contributed by atoms with E-state index in [2.05, 4.69) is 24.1 Å². The number of nitrogens with one attached hydrogen (secondary N) is 1. The van der Waals surface area contributed by atoms with E-state index in [1.807, 2.05) is 19.1 Å². The maximum Gasteiger partial charge on any atom is 0.264 e. The van der Waals surface area contributed by atoms with Gasteiger partial charge in [0, 0.05) is 25.7 Å². The van der Waals surface area contributed by atoms with Crippen LogP contribution in [0.1, 0.15) is 29.8 Å². The Balaban J connectivity index is 2.14. The van der Waals surface area contributed by atoms with E-state index >= 15 is 0 Å². The molecule has 0 fully saturated rings. The van der Waals surface area contributed by atoms with Crippen molar-refractivity contribution in [3.05, 3.63) is 59.7 Å². The van der Waals surface area contributed by atoms with E-state index in [9.17, 15) is 13.2 Å². The van der Waals surface area contributed by atoms with Crippen molar-refractivity contribution in [1.82, 2.24) is 10.2 Å². The molecule has 0 aliphatic heterocycles. The molecule has 0 saturated heterocycles. The predicted molar refractivity (Wildman–Crippen MR) is 113 cm³/mol. The smallest absolute Gasteiger partial charge is 0.264 e. The number of carbonyl (C=O) groups is 1. The summed E-state index contributed by atoms with van der Waals surface area (Å²) in [5.41, 5.74) is 1.95. The van der Waals surface area contributed by atoms with Crippen molar-refractivity contribution in [2.45, 2.75) is 25.7 Å². The minimum absolute atomic E-state index is 0.0898. The van der Waals surface area contributed by atoms with Crippen LogP contribution in [0.15, 0.2) is 53.4 Å². The van der Waals surface area contributed by atoms with Gasteiger partial charge in [0.25, 0.3) is 15.9 Å². The van der Waals surface area contributed by atoms with Gasteiger partial charge in [-0.15, -0.1) is 0 Å². The highest BCUT2D eigenvalue weighted by Crippen LogP contribution is 2.23. The average molecular weight is 404 g/mol. The lowest BCUT2D eigenvalue weighted by atomic mass is 10.2. The Morgan fingerprint density at radius 1 is 1.04 bits per heavy atom. The molecule has 7 heteroatoms. The molecule has 0 atom stereocenters. The number of likely N-dealkylation sites (N-methyl/N-ethyl adjacent to an activating group) is 1. The highest BCUT2D eigenvalue weighted by molar-refractivity contribution is 7.92. The Bertz CT molecular complexity index is 891. The Kier molecular flexibility index (Phi) is 7.60. The van der Waals surface area contributed by atoms with Crippen LogP contribution < -0.4 is 9.62 Å². The predicted octanol–water partition coefficient (Wildman–Crippen LogP) is 2.89. The fraction of sp³-hybridized carbons (Fsp3) is 0.381. The van der Waals surface area contributed by atoms with Crippen LogP contribution in [0.5, 0.6) is 0 Å². The normalized spacial score (nSPS) is 11.5. The third-order valence-corrected chi connectivity index (χ3v) is 6.54. The molecule has 0 radical (unpaired) electrons. The number of nitrogens with zero attached hydrogens (tertiary/aromatic N) is 2. The van der Waals surface area contributed by atoms with Gasteiger partial charge in [-0.3, -0.25) is 9.10 Å². The molecule has 2 aromatic carbocycles. The number of sulfonamides is 1. The Labute approximate surface area is 168 Å². The van der Waals surface area contributed by atoms with E-state index in [1.165, 1.54) is 23.5 Å². The summed E-state index contributed by atoms with van der Waals surface area (Å²) in [4.78, 5) is 14.7. The molecule has 28 heavy (non-hydrogen) atoms. The number of aryl methyl sites for hydroxylation is 1. The van der Waals surface area contributed by atoms with Crippen molar-refractivity contribution in [2.24, 2.45) is 0 Å². The van der Waals surface area contributed by atoms with Crippen molar-refractivity contribution in [3.63, 3.8) is 0 Å². The molecule has 0 bridgehead atoms. The molecule has 0 aliphatic rings. The van der Waals surface area contributed by atoms with Gasteiger partial charge in [-0.05, 0) is 50.3 Å². The van der Waals surface area contributed by atoms with E-state index in [0.717, 1.165) is 25.2 Å². The van der Waals surface area contributed by atoms with Crippen molar-refractivity contribution < 1.29 is 13.2 Å². The fourth-order valence-electron chi connectivity index (χ4n) is 2.82. The summed E-state index contributed by atoms with van der Waals surface area (Å²) in [6, 6.07) is 13.4. The van der Waals surface area contributed by atoms with E-state index in [0.29, 0.717) is 17.8 Å². The first-order valence-corrected chi connectivity index (χ1v) is 10.9. The molecule has 0 saturated carbocycles. The molecule has 0 aliphatic carbocycles. The number of amides is 1. The second-order valence-corrected chi connectivity index (χ2v) is 8.59. The van der Waals surface area contributed by atoms with Crippen LogP contribution in [0.4, 0.5) is 5.69 Å². The van der Waals surface area contributed by atoms with Crippen LogP contribution in [0.2, 0.25) is 0 Å². The van der Waals surface area contributed by atoms with E-state index < -0.39 is 10.0 Å². The summed E-state index contributed by atoms with van der Waals surface area (Å²) in [5, 5.41) is 2.85. The fourth-order valence-corrected chi connectivity index (χ4v) is 4.06. The van der Waals surface area contributed by atoms with Crippen molar-refractivity contribution in [2.75, 3.05) is 37.5 Å². The Morgan fingerprint density at radius 3 is 2.29 bits per heavy atom. The van der Waals surface area contributed by atoms with Gasteiger partial charge < -0.3 is 10.2 Å². The first kappa shape index (κ1) is 21.9. The minimum atomic E-state index is -3.76. The molecule has 0 aromatic heterocycles. The topological polar surface area (TPSA) is 69.7 Å². The lowest BCUT2D eigenvalue weighted by Crippen LogP contribution is -2.35. The van der Waals surface area contributed by atoms with Crippen molar-refractivity contribution >= 4 is 21.6 Å². The van der Waals surface area contributed by atoms with Gasteiger partial charge >= 0.3 is 0 Å². The van der Waals surface area contributed by atoms with Gasteiger partial charge in [0.2, 0.25) is 0 Å². The second kappa shape index (κ2) is 9.71. The molecular weight excluding hydrogens is 374 g/mol. The van der Waals surface area contributed by atoms with Crippen molar-refractivity contribution in [3.8, 4) is 0 Å². The summed E-state index contributed by atoms with van der Waals surface area (Å²) in [5.74, 6) is -0.276. The molecule has 2 rings (SSSR count). The SMILES string of the molecule is CCN(CC)CCNC(=O)c1cccc(S(=O)(=O)N(C)c2ccc(C)cc2)c1. The summed E-state index contributed by atoms with van der Waals surface area (Å²) < 4.78 is 27.1. The van der Waals surface area contributed by atoms with Crippen LogP contribution in [0.3, 0.4) is 0 Å². The van der Waals surface area contributed by atoms with Crippen LogP contribution in [-0.4, -0.2) is 52.5 Å². The lowest BCUT2D eigenvalue weighted by molar-refractivity contribution is 0.0948. The largest absolute Gasteiger partial charge is 0.351 e. The highest BCUT2D eigenvalue weighted by atomic mass is 32.2. The zero-order chi connectivity index (χ0) is 20.7. The molecule has 1 amide bonds. The highest BCUT2D eigenvalue weighted by Gasteiger charge is 2.22. The maximum absolute atomic E-state index is 13.0. The molecule has 0 heterocycles. The first-order valence-electron chi connectivity index (χ1n) is 9.45. The zero-order valence-corrected chi connectivity index (χ0v) is 17.8. The van der Waals surface area contributed by atoms with E-state index in [1.54, 1.807) is 24.3 Å². The number of hydrogen-bond acceptors (Lipinski definition) is 4. The molecule has 152 valence electrons. The average Bonchev–Trinajstić information content (AvgIpc) is 2.71. The summed E-state index contributed by atoms with van der Waals surface area (Å²) in [6.07, 6.45) is 0. The molecule has 0 spiro atoms. The number of hydrogen-bond donors (Lipinski definition) is 1. The van der Waals surface area contributed by atoms with Crippen molar-refractivity contribution in [1.29, 1.82) is 0 Å². The number of carbonyl (C=O) groups excluding carboxylic acids is 1. The monoisotopic (exact) mass is 403 g/mol. The second-order valence-electron chi connectivity index (χ2n) is 6.62. The van der Waals surface area contributed by atoms with Gasteiger partial charge in [-0.2, -0.15) is 0 Å². The lowest BCUT2D eigenvalue weighted by Gasteiger charge is -2.20. The van der Waals surface area contributed by atoms with Crippen LogP contribution in [-0.2, 0) is 10.0 Å². The van der Waals surface area contributed by atoms with Gasteiger partial charge in [-0.1, -0.05) is 37.6 Å².